The van der Waals surface area contributed by atoms with E-state index in [0.29, 0.717) is 16.5 Å². The first kappa shape index (κ1) is 24.0. The van der Waals surface area contributed by atoms with Crippen LogP contribution < -0.4 is 0 Å². The van der Waals surface area contributed by atoms with Crippen LogP contribution in [0, 0.1) is 0 Å². The first-order valence-corrected chi connectivity index (χ1v) is 12.0. The molecule has 0 N–H and O–H groups in total. The van der Waals surface area contributed by atoms with E-state index < -0.39 is 0 Å². The fourth-order valence-electron chi connectivity index (χ4n) is 4.37. The van der Waals surface area contributed by atoms with Crippen LogP contribution in [-0.4, -0.2) is 28.9 Å². The molecule has 0 unspecified atom stereocenters. The van der Waals surface area contributed by atoms with Gasteiger partial charge in [0.15, 0.2) is 0 Å². The van der Waals surface area contributed by atoms with E-state index in [1.165, 1.54) is 41.3 Å². The molecule has 0 fully saturated rings. The lowest BCUT2D eigenvalue weighted by Gasteiger charge is -2.21. The van der Waals surface area contributed by atoms with Crippen molar-refractivity contribution >= 4 is 17.5 Å². The quantitative estimate of drug-likeness (QED) is 0.423. The van der Waals surface area contributed by atoms with E-state index in [9.17, 15) is 4.79 Å². The van der Waals surface area contributed by atoms with Crippen LogP contribution in [0.4, 0.5) is 0 Å². The molecular formula is C28H33ClN2O. The molecule has 168 valence electrons. The van der Waals surface area contributed by atoms with Crippen molar-refractivity contribution < 1.29 is 4.79 Å². The van der Waals surface area contributed by atoms with Gasteiger partial charge in [-0.05, 0) is 54.0 Å². The van der Waals surface area contributed by atoms with Gasteiger partial charge in [-0.2, -0.15) is 0 Å². The maximum atomic E-state index is 12.1. The Bertz CT molecular complexity index is 980. The highest BCUT2D eigenvalue weighted by molar-refractivity contribution is 6.33. The summed E-state index contributed by atoms with van der Waals surface area (Å²) in [4.78, 5) is 17.9. The number of carbonyl (C=O) groups is 1. The number of fused-ring (bicyclic) bond motifs is 2. The Morgan fingerprint density at radius 1 is 0.938 bits per heavy atom. The summed E-state index contributed by atoms with van der Waals surface area (Å²) >= 11 is 5.98. The smallest absolute Gasteiger partial charge is 0.256 e. The molecule has 0 saturated carbocycles. The second-order valence-corrected chi connectivity index (χ2v) is 8.67. The van der Waals surface area contributed by atoms with Gasteiger partial charge < -0.3 is 4.90 Å². The Hall–Kier alpha value is -2.65. The number of aromatic nitrogens is 1. The van der Waals surface area contributed by atoms with E-state index >= 15 is 0 Å². The van der Waals surface area contributed by atoms with Crippen molar-refractivity contribution in [3.05, 3.63) is 99.8 Å². The Morgan fingerprint density at radius 3 is 1.97 bits per heavy atom. The van der Waals surface area contributed by atoms with E-state index in [1.807, 2.05) is 4.90 Å². The molecule has 0 bridgehead atoms. The lowest BCUT2D eigenvalue weighted by atomic mass is 9.90. The first-order chi connectivity index (χ1) is 15.6. The number of benzene rings is 2. The molecule has 2 aromatic carbocycles. The van der Waals surface area contributed by atoms with Gasteiger partial charge in [-0.1, -0.05) is 80.9 Å². The number of hydrogen-bond donors (Lipinski definition) is 0. The number of carbonyl (C=O) groups excluding carboxylic acids is 1. The summed E-state index contributed by atoms with van der Waals surface area (Å²) in [6, 6.07) is 19.4. The van der Waals surface area contributed by atoms with Crippen molar-refractivity contribution in [2.45, 2.75) is 52.4 Å². The number of nitrogens with zero attached hydrogens (tertiary/aromatic N) is 2. The minimum Gasteiger partial charge on any atom is -0.339 e. The monoisotopic (exact) mass is 448 g/mol. The molecular weight excluding hydrogens is 416 g/mol. The lowest BCUT2D eigenvalue weighted by Crippen LogP contribution is -2.32. The molecule has 32 heavy (non-hydrogen) atoms. The van der Waals surface area contributed by atoms with E-state index in [0.717, 1.165) is 25.9 Å². The van der Waals surface area contributed by atoms with Crippen LogP contribution in [0.2, 0.25) is 5.02 Å². The number of pyridine rings is 1. The number of amides is 1. The van der Waals surface area contributed by atoms with Crippen LogP contribution in [0.5, 0.6) is 0 Å². The average molecular weight is 449 g/mol. The molecule has 4 heteroatoms. The third-order valence-electron chi connectivity index (χ3n) is 5.98. The minimum absolute atomic E-state index is 0.0261. The van der Waals surface area contributed by atoms with Gasteiger partial charge in [0.05, 0.1) is 10.6 Å². The minimum atomic E-state index is -0.0261. The molecule has 4 rings (SSSR count). The largest absolute Gasteiger partial charge is 0.339 e. The summed E-state index contributed by atoms with van der Waals surface area (Å²) in [7, 11) is 0. The molecule has 0 spiro atoms. The maximum absolute atomic E-state index is 12.1. The van der Waals surface area contributed by atoms with Gasteiger partial charge in [0.2, 0.25) is 0 Å². The Kier molecular flexibility index (Phi) is 8.87. The molecule has 0 saturated heterocycles. The number of rotatable bonds is 5. The molecule has 3 nitrogen and oxygen atoms in total. The van der Waals surface area contributed by atoms with Gasteiger partial charge in [0.25, 0.3) is 5.91 Å². The number of halogens is 1. The van der Waals surface area contributed by atoms with Crippen molar-refractivity contribution in [1.82, 2.24) is 9.88 Å². The second kappa shape index (κ2) is 11.8. The molecule has 1 heterocycles. The topological polar surface area (TPSA) is 33.2 Å². The van der Waals surface area contributed by atoms with Crippen molar-refractivity contribution in [1.29, 1.82) is 0 Å². The summed E-state index contributed by atoms with van der Waals surface area (Å²) in [6.45, 7) is 7.96. The molecule has 1 aliphatic rings. The van der Waals surface area contributed by atoms with Crippen LogP contribution >= 0.6 is 11.6 Å². The van der Waals surface area contributed by atoms with E-state index in [4.69, 9.17) is 11.6 Å². The molecule has 3 aromatic rings. The van der Waals surface area contributed by atoms with Crippen molar-refractivity contribution in [3.8, 4) is 0 Å². The average Bonchev–Trinajstić information content (AvgIpc) is 2.96. The van der Waals surface area contributed by atoms with Crippen LogP contribution in [0.1, 0.15) is 72.1 Å². The summed E-state index contributed by atoms with van der Waals surface area (Å²) in [5.41, 5.74) is 6.54. The van der Waals surface area contributed by atoms with E-state index in [-0.39, 0.29) is 5.91 Å². The fourth-order valence-corrected chi connectivity index (χ4v) is 4.55. The maximum Gasteiger partial charge on any atom is 0.256 e. The van der Waals surface area contributed by atoms with Crippen molar-refractivity contribution in [3.63, 3.8) is 0 Å². The third kappa shape index (κ3) is 5.77. The zero-order valence-electron chi connectivity index (χ0n) is 19.4. The summed E-state index contributed by atoms with van der Waals surface area (Å²) in [5, 5.41) is 0.470. The zero-order valence-corrected chi connectivity index (χ0v) is 20.1. The van der Waals surface area contributed by atoms with Gasteiger partial charge in [-0.3, -0.25) is 9.78 Å². The Morgan fingerprint density at radius 2 is 1.47 bits per heavy atom. The van der Waals surface area contributed by atoms with Crippen LogP contribution in [0.25, 0.3) is 0 Å². The van der Waals surface area contributed by atoms with Gasteiger partial charge in [-0.15, -0.1) is 0 Å². The second-order valence-electron chi connectivity index (χ2n) is 8.27. The van der Waals surface area contributed by atoms with E-state index in [2.05, 4.69) is 74.3 Å². The fraction of sp³-hybridized carbons (Fsp3) is 0.357. The van der Waals surface area contributed by atoms with Crippen LogP contribution in [-0.2, 0) is 12.8 Å². The highest BCUT2D eigenvalue weighted by Gasteiger charge is 2.19. The summed E-state index contributed by atoms with van der Waals surface area (Å²) in [6.07, 6.45) is 7.37. The first-order valence-electron chi connectivity index (χ1n) is 11.6. The molecule has 1 amide bonds. The molecule has 1 aromatic heterocycles. The Balaban J connectivity index is 0.000000181. The normalized spacial score (nSPS) is 12.6. The zero-order chi connectivity index (χ0) is 22.9. The highest BCUT2D eigenvalue weighted by atomic mass is 35.5. The standard InChI is InChI=1S/C16H16.C12H17ClN2O/c1-12-15-8-4-2-6-13(15)10-11-14-7-3-5-9-16(12)14;1-3-7-15(8-4-2)12(16)10-9-14-6-5-11(10)13/h2-9,12H,10-11H2,1H3;5-6,9H,3-4,7-8H2,1-2H3. The third-order valence-corrected chi connectivity index (χ3v) is 6.31. The Labute approximate surface area is 197 Å². The van der Waals surface area contributed by atoms with Crippen LogP contribution in [0.3, 0.4) is 0 Å². The van der Waals surface area contributed by atoms with Gasteiger partial charge in [-0.25, -0.2) is 0 Å². The van der Waals surface area contributed by atoms with Crippen LogP contribution in [0.15, 0.2) is 67.0 Å². The lowest BCUT2D eigenvalue weighted by molar-refractivity contribution is 0.0755. The summed E-state index contributed by atoms with van der Waals surface area (Å²) < 4.78 is 0. The molecule has 0 radical (unpaired) electrons. The molecule has 0 atom stereocenters. The predicted molar refractivity (Wildman–Crippen MR) is 134 cm³/mol. The highest BCUT2D eigenvalue weighted by Crippen LogP contribution is 2.33. The summed E-state index contributed by atoms with van der Waals surface area (Å²) in [5.74, 6) is 0.511. The van der Waals surface area contributed by atoms with Crippen molar-refractivity contribution in [2.75, 3.05) is 13.1 Å². The van der Waals surface area contributed by atoms with E-state index in [1.54, 1.807) is 12.3 Å². The van der Waals surface area contributed by atoms with Gasteiger partial charge in [0.1, 0.15) is 0 Å². The predicted octanol–water partition coefficient (Wildman–Crippen LogP) is 6.93. The molecule has 0 aliphatic heterocycles. The number of hydrogen-bond acceptors (Lipinski definition) is 2. The van der Waals surface area contributed by atoms with Crippen molar-refractivity contribution in [2.24, 2.45) is 0 Å². The van der Waals surface area contributed by atoms with Gasteiger partial charge >= 0.3 is 0 Å². The van der Waals surface area contributed by atoms with Gasteiger partial charge in [0, 0.05) is 31.4 Å². The molecule has 1 aliphatic carbocycles. The number of aryl methyl sites for hydroxylation is 2. The SMILES string of the molecule is CC1c2ccccc2CCc2ccccc21.CCCN(CCC)C(=O)c1cnccc1Cl.